The van der Waals surface area contributed by atoms with E-state index < -0.39 is 0 Å². The molecule has 2 aromatic heterocycles. The lowest BCUT2D eigenvalue weighted by molar-refractivity contribution is 0.0940. The molecule has 1 aliphatic heterocycles. The predicted octanol–water partition coefficient (Wildman–Crippen LogP) is 3.55. The van der Waals surface area contributed by atoms with Crippen LogP contribution in [-0.2, 0) is 0 Å². The lowest BCUT2D eigenvalue weighted by Crippen LogP contribution is -2.37. The normalized spacial score (nSPS) is 15.8. The van der Waals surface area contributed by atoms with Crippen molar-refractivity contribution in [3.05, 3.63) is 78.4 Å². The molecule has 0 saturated carbocycles. The molecule has 2 N–H and O–H groups in total. The Morgan fingerprint density at radius 1 is 1.09 bits per heavy atom. The molecule has 4 aromatic rings. The van der Waals surface area contributed by atoms with Crippen LogP contribution in [0.25, 0.3) is 22.3 Å². The van der Waals surface area contributed by atoms with Crippen LogP contribution in [0.5, 0.6) is 5.75 Å². The molecule has 0 radical (unpaired) electrons. The zero-order valence-electron chi connectivity index (χ0n) is 17.1. The summed E-state index contributed by atoms with van der Waals surface area (Å²) in [5, 5.41) is 13.9. The lowest BCUT2D eigenvalue weighted by Gasteiger charge is -2.21. The van der Waals surface area contributed by atoms with Gasteiger partial charge >= 0.3 is 0 Å². The topological polar surface area (TPSA) is 91.2 Å². The van der Waals surface area contributed by atoms with Gasteiger partial charge in [-0.25, -0.2) is 14.4 Å². The summed E-state index contributed by atoms with van der Waals surface area (Å²) in [5.41, 5.74) is 1.63. The van der Waals surface area contributed by atoms with Gasteiger partial charge in [-0.1, -0.05) is 12.1 Å². The molecule has 0 spiro atoms. The third-order valence-electron chi connectivity index (χ3n) is 5.55. The zero-order valence-corrected chi connectivity index (χ0v) is 17.1. The second-order valence-corrected chi connectivity index (χ2v) is 7.69. The monoisotopic (exact) mass is 429 g/mol. The third kappa shape index (κ3) is 3.82. The van der Waals surface area contributed by atoms with Crippen LogP contribution in [-0.4, -0.2) is 45.1 Å². The van der Waals surface area contributed by atoms with E-state index in [1.54, 1.807) is 54.9 Å². The molecule has 7 nitrogen and oxygen atoms in total. The van der Waals surface area contributed by atoms with Crippen LogP contribution in [0.2, 0.25) is 0 Å². The molecule has 8 heteroatoms. The molecule has 3 heterocycles. The van der Waals surface area contributed by atoms with Gasteiger partial charge in [0.1, 0.15) is 17.4 Å². The van der Waals surface area contributed by atoms with Gasteiger partial charge in [-0.05, 0) is 48.9 Å². The number of pyridine rings is 1. The Hall–Kier alpha value is -4.07. The maximum Gasteiger partial charge on any atom is 0.251 e. The number of anilines is 1. The quantitative estimate of drug-likeness (QED) is 0.516. The van der Waals surface area contributed by atoms with E-state index in [1.165, 1.54) is 12.1 Å². The van der Waals surface area contributed by atoms with Gasteiger partial charge in [-0.2, -0.15) is 0 Å². The highest BCUT2D eigenvalue weighted by Crippen LogP contribution is 2.33. The van der Waals surface area contributed by atoms with Gasteiger partial charge < -0.3 is 15.3 Å². The van der Waals surface area contributed by atoms with Crippen LogP contribution >= 0.6 is 0 Å². The number of halogens is 1. The minimum atomic E-state index is -0.376. The minimum absolute atomic E-state index is 0.0730. The molecule has 0 unspecified atom stereocenters. The van der Waals surface area contributed by atoms with Crippen molar-refractivity contribution in [2.24, 2.45) is 0 Å². The van der Waals surface area contributed by atoms with E-state index in [0.29, 0.717) is 46.8 Å². The number of nitrogens with zero attached hydrogens (tertiary/aromatic N) is 4. The molecule has 32 heavy (non-hydrogen) atoms. The summed E-state index contributed by atoms with van der Waals surface area (Å²) in [7, 11) is 0. The molecule has 1 aliphatic rings. The number of amides is 1. The number of aromatic nitrogens is 3. The highest BCUT2D eigenvalue weighted by molar-refractivity contribution is 5.94. The summed E-state index contributed by atoms with van der Waals surface area (Å²) in [6, 6.07) is 14.5. The van der Waals surface area contributed by atoms with E-state index in [2.05, 4.69) is 15.3 Å². The number of benzene rings is 2. The van der Waals surface area contributed by atoms with E-state index in [-0.39, 0.29) is 23.5 Å². The summed E-state index contributed by atoms with van der Waals surface area (Å²) >= 11 is 0. The number of nitrogens with one attached hydrogen (secondary N) is 1. The summed E-state index contributed by atoms with van der Waals surface area (Å²) < 4.78 is 14.1. The highest BCUT2D eigenvalue weighted by atomic mass is 19.1. The van der Waals surface area contributed by atoms with Crippen molar-refractivity contribution in [3.63, 3.8) is 0 Å². The summed E-state index contributed by atoms with van der Waals surface area (Å²) in [4.78, 5) is 27.7. The van der Waals surface area contributed by atoms with Gasteiger partial charge in [0.2, 0.25) is 0 Å². The third-order valence-corrected chi connectivity index (χ3v) is 5.55. The van der Waals surface area contributed by atoms with E-state index in [1.807, 2.05) is 4.90 Å². The van der Waals surface area contributed by atoms with Crippen molar-refractivity contribution >= 4 is 22.6 Å². The van der Waals surface area contributed by atoms with Crippen LogP contribution in [0.4, 0.5) is 10.2 Å². The molecule has 1 atom stereocenters. The first-order valence-electron chi connectivity index (χ1n) is 10.3. The summed E-state index contributed by atoms with van der Waals surface area (Å²) in [5.74, 6) is 0.478. The van der Waals surface area contributed by atoms with Gasteiger partial charge in [0.25, 0.3) is 5.91 Å². The number of phenols is 1. The number of carbonyl (C=O) groups excluding carboxylic acids is 1. The number of para-hydroxylation sites is 1. The average Bonchev–Trinajstić information content (AvgIpc) is 3.27. The van der Waals surface area contributed by atoms with Crippen LogP contribution in [0, 0.1) is 5.82 Å². The van der Waals surface area contributed by atoms with Crippen molar-refractivity contribution in [2.75, 3.05) is 18.0 Å². The molecule has 1 amide bonds. The maximum atomic E-state index is 14.1. The molecule has 0 aliphatic carbocycles. The largest absolute Gasteiger partial charge is 0.507 e. The first-order valence-corrected chi connectivity index (χ1v) is 10.3. The molecule has 160 valence electrons. The summed E-state index contributed by atoms with van der Waals surface area (Å²) in [6.45, 7) is 1.17. The van der Waals surface area contributed by atoms with Crippen LogP contribution < -0.4 is 10.2 Å². The summed E-state index contributed by atoms with van der Waals surface area (Å²) in [6.07, 6.45) is 3.89. The standard InChI is InChI=1S/C24H20FN5O2/c25-16-5-6-20-19(13-16)23(29-22(28-20)18-3-1-2-4-21(18)31)30-12-9-17(14-30)27-24(32)15-7-10-26-11-8-15/h1-8,10-11,13,17,31H,9,12,14H2,(H,27,32)/t17-/m1/s1. The van der Waals surface area contributed by atoms with E-state index in [9.17, 15) is 14.3 Å². The predicted molar refractivity (Wildman–Crippen MR) is 119 cm³/mol. The second kappa shape index (κ2) is 8.22. The number of rotatable bonds is 4. The smallest absolute Gasteiger partial charge is 0.251 e. The van der Waals surface area contributed by atoms with Gasteiger partial charge in [0.05, 0.1) is 11.1 Å². The van der Waals surface area contributed by atoms with Gasteiger partial charge in [0.15, 0.2) is 5.82 Å². The fourth-order valence-electron chi connectivity index (χ4n) is 3.95. The minimum Gasteiger partial charge on any atom is -0.507 e. The van der Waals surface area contributed by atoms with Crippen LogP contribution in [0.15, 0.2) is 67.0 Å². The molecular formula is C24H20FN5O2. The molecule has 1 saturated heterocycles. The Balaban J connectivity index is 1.47. The van der Waals surface area contributed by atoms with Gasteiger partial charge in [-0.15, -0.1) is 0 Å². The SMILES string of the molecule is O=C(N[C@@H]1CCN(c2nc(-c3ccccc3O)nc3ccc(F)cc23)C1)c1ccncc1. The highest BCUT2D eigenvalue weighted by Gasteiger charge is 2.27. The van der Waals surface area contributed by atoms with Crippen molar-refractivity contribution in [3.8, 4) is 17.1 Å². The Morgan fingerprint density at radius 3 is 2.72 bits per heavy atom. The Bertz CT molecular complexity index is 1300. The Morgan fingerprint density at radius 2 is 1.91 bits per heavy atom. The number of hydrogen-bond donors (Lipinski definition) is 2. The van der Waals surface area contributed by atoms with Crippen molar-refractivity contribution in [2.45, 2.75) is 12.5 Å². The zero-order chi connectivity index (χ0) is 22.1. The second-order valence-electron chi connectivity index (χ2n) is 7.69. The van der Waals surface area contributed by atoms with Crippen LogP contribution in [0.3, 0.4) is 0 Å². The lowest BCUT2D eigenvalue weighted by atomic mass is 10.1. The van der Waals surface area contributed by atoms with Crippen molar-refractivity contribution < 1.29 is 14.3 Å². The van der Waals surface area contributed by atoms with Gasteiger partial charge in [-0.3, -0.25) is 9.78 Å². The molecule has 1 fully saturated rings. The van der Waals surface area contributed by atoms with Crippen molar-refractivity contribution in [1.82, 2.24) is 20.3 Å². The molecular weight excluding hydrogens is 409 g/mol. The maximum absolute atomic E-state index is 14.1. The first-order chi connectivity index (χ1) is 15.6. The number of aromatic hydroxyl groups is 1. The fraction of sp³-hybridized carbons (Fsp3) is 0.167. The number of phenolic OH excluding ortho intramolecular Hbond substituents is 1. The van der Waals surface area contributed by atoms with Crippen LogP contribution in [0.1, 0.15) is 16.8 Å². The van der Waals surface area contributed by atoms with E-state index in [0.717, 1.165) is 6.42 Å². The number of hydrogen-bond acceptors (Lipinski definition) is 6. The Kier molecular flexibility index (Phi) is 5.10. The number of fused-ring (bicyclic) bond motifs is 1. The number of carbonyl (C=O) groups is 1. The Labute approximate surface area is 183 Å². The molecule has 2 aromatic carbocycles. The van der Waals surface area contributed by atoms with Crippen molar-refractivity contribution in [1.29, 1.82) is 0 Å². The fourth-order valence-corrected chi connectivity index (χ4v) is 3.95. The average molecular weight is 429 g/mol. The molecule has 5 rings (SSSR count). The van der Waals surface area contributed by atoms with E-state index >= 15 is 0 Å². The molecule has 0 bridgehead atoms. The van der Waals surface area contributed by atoms with Gasteiger partial charge in [0, 0.05) is 42.5 Å². The van der Waals surface area contributed by atoms with E-state index in [4.69, 9.17) is 4.98 Å². The first kappa shape index (κ1) is 19.9.